The number of thiocarbonyl (C=S) groups is 2. The van der Waals surface area contributed by atoms with Crippen LogP contribution in [0.15, 0.2) is 24.3 Å². The van der Waals surface area contributed by atoms with E-state index < -0.39 is 0 Å². The number of fused-ring (bicyclic) bond motifs is 8. The molecular weight excluding hydrogens is 933 g/mol. The molecule has 12 rings (SSSR count). The molecule has 4 aromatic rings. The number of nitrogens with one attached hydrogen (secondary N) is 4. The van der Waals surface area contributed by atoms with Crippen molar-refractivity contribution in [1.29, 1.82) is 0 Å². The number of thiophene rings is 4. The Bertz CT molecular complexity index is 2060. The van der Waals surface area contributed by atoms with E-state index in [2.05, 4.69) is 73.2 Å². The molecule has 0 radical (unpaired) electrons. The van der Waals surface area contributed by atoms with Gasteiger partial charge in [-0.05, 0) is 179 Å². The minimum absolute atomic E-state index is 0. The van der Waals surface area contributed by atoms with Gasteiger partial charge in [0.2, 0.25) is 0 Å². The van der Waals surface area contributed by atoms with Gasteiger partial charge >= 0.3 is 12.2 Å². The normalized spacial score (nSPS) is 22.1. The highest BCUT2D eigenvalue weighted by molar-refractivity contribution is 7.80. The number of hydrogen-bond acceptors (Lipinski definition) is 12. The first-order valence-corrected chi connectivity index (χ1v) is 27.3. The first kappa shape index (κ1) is 48.2. The standard InChI is InChI=1S/2C12H15NO2S.2C12H15NOS2.CH4/c1-8-7-9-10(16-8)12(15-11(14)13-9)5-3-2-4-6-12;1-8-7-9-10(16-8)13-11(14)15-12(9)5-3-2-4-6-12;1-8-7-9-10(16-8)12(14-11(15)13-9)5-3-2-4-6-12;1-8-7-9-10(16-8)13-11(15)14-12(9)5-3-2-4-6-12;/h2*7H,2-6H2,1H3,(H,13,14);2*7H,2-6H2,1H3,(H,13,15);1H4. The van der Waals surface area contributed by atoms with Crippen LogP contribution in [0.4, 0.5) is 31.0 Å². The van der Waals surface area contributed by atoms with Crippen molar-refractivity contribution in [3.63, 3.8) is 0 Å². The molecule has 0 saturated heterocycles. The van der Waals surface area contributed by atoms with Crippen molar-refractivity contribution in [2.45, 2.75) is 186 Å². The molecule has 0 bridgehead atoms. The van der Waals surface area contributed by atoms with Crippen LogP contribution in [0, 0.1) is 27.7 Å². The van der Waals surface area contributed by atoms with Crippen molar-refractivity contribution in [3.8, 4) is 0 Å². The lowest BCUT2D eigenvalue weighted by Gasteiger charge is -2.40. The molecule has 65 heavy (non-hydrogen) atoms. The van der Waals surface area contributed by atoms with Gasteiger partial charge in [0.15, 0.2) is 5.60 Å². The molecule has 0 aromatic carbocycles. The van der Waals surface area contributed by atoms with E-state index in [1.54, 1.807) is 34.0 Å². The summed E-state index contributed by atoms with van der Waals surface area (Å²) < 4.78 is 23.2. The summed E-state index contributed by atoms with van der Waals surface area (Å²) in [7, 11) is 0. The first-order valence-electron chi connectivity index (χ1n) is 23.2. The van der Waals surface area contributed by atoms with Gasteiger partial charge in [-0.3, -0.25) is 10.6 Å². The molecular formula is C49H64N4O6S6. The number of aryl methyl sites for hydroxylation is 4. The predicted octanol–water partition coefficient (Wildman–Crippen LogP) is 16.1. The van der Waals surface area contributed by atoms with E-state index in [0.29, 0.717) is 10.3 Å². The highest BCUT2D eigenvalue weighted by Crippen LogP contribution is 2.53. The molecule has 8 heterocycles. The molecule has 352 valence electrons. The fourth-order valence-electron chi connectivity index (χ4n) is 11.1. The summed E-state index contributed by atoms with van der Waals surface area (Å²) in [6, 6.07) is 8.67. The van der Waals surface area contributed by atoms with Crippen LogP contribution < -0.4 is 21.3 Å². The molecule has 0 atom stereocenters. The van der Waals surface area contributed by atoms with E-state index in [0.717, 1.165) is 87.7 Å². The number of carbonyl (C=O) groups is 2. The van der Waals surface area contributed by atoms with Gasteiger partial charge in [-0.25, -0.2) is 9.59 Å². The molecule has 10 nitrogen and oxygen atoms in total. The minimum Gasteiger partial charge on any atom is -0.459 e. The van der Waals surface area contributed by atoms with E-state index in [1.807, 2.05) is 11.3 Å². The molecule has 2 amide bonds. The summed E-state index contributed by atoms with van der Waals surface area (Å²) in [4.78, 5) is 30.9. The second-order valence-electron chi connectivity index (χ2n) is 18.7. The van der Waals surface area contributed by atoms with Crippen LogP contribution in [0.2, 0.25) is 0 Å². The van der Waals surface area contributed by atoms with E-state index in [9.17, 15) is 9.59 Å². The summed E-state index contributed by atoms with van der Waals surface area (Å²) >= 11 is 17.5. The van der Waals surface area contributed by atoms with Gasteiger partial charge in [-0.1, -0.05) is 33.1 Å². The molecule has 4 aliphatic carbocycles. The van der Waals surface area contributed by atoms with Gasteiger partial charge in [0.05, 0.1) is 21.1 Å². The topological polar surface area (TPSA) is 119 Å². The second kappa shape index (κ2) is 19.7. The van der Waals surface area contributed by atoms with Crippen molar-refractivity contribution in [3.05, 3.63) is 64.7 Å². The first-order chi connectivity index (χ1) is 30.8. The van der Waals surface area contributed by atoms with Gasteiger partial charge in [0.1, 0.15) is 26.8 Å². The zero-order valence-corrected chi connectivity index (χ0v) is 42.2. The number of rotatable bonds is 0. The molecule has 4 N–H and O–H groups in total. The summed E-state index contributed by atoms with van der Waals surface area (Å²) in [5, 5.41) is 15.3. The Labute approximate surface area is 411 Å². The Morgan fingerprint density at radius 3 is 1.26 bits per heavy atom. The molecule has 4 spiro atoms. The van der Waals surface area contributed by atoms with Crippen LogP contribution in [-0.2, 0) is 41.4 Å². The number of carbonyl (C=O) groups excluding carboxylic acids is 2. The zero-order chi connectivity index (χ0) is 44.7. The van der Waals surface area contributed by atoms with Crippen molar-refractivity contribution in [2.75, 3.05) is 21.3 Å². The SMILES string of the molecule is C.Cc1cc2c(s1)C1(CCCCC1)OC(=O)N2.Cc1cc2c(s1)C1(CCCCC1)OC(=S)N2.Cc1cc2c(s1)NC(=O)OC21CCCCC1.Cc1cc2c(s1)NC(=S)OC21CCCCC1. The third kappa shape index (κ3) is 10.00. The van der Waals surface area contributed by atoms with E-state index in [1.165, 1.54) is 102 Å². The quantitative estimate of drug-likeness (QED) is 0.127. The lowest BCUT2D eigenvalue weighted by atomic mass is 9.79. The number of anilines is 4. The highest BCUT2D eigenvalue weighted by atomic mass is 32.1. The third-order valence-corrected chi connectivity index (χ3v) is 18.7. The van der Waals surface area contributed by atoms with E-state index in [-0.39, 0.29) is 42.0 Å². The number of hydrogen-bond donors (Lipinski definition) is 4. The average Bonchev–Trinajstić information content (AvgIpc) is 4.04. The molecule has 4 aromatic heterocycles. The minimum atomic E-state index is -0.319. The molecule has 0 unspecified atom stereocenters. The summed E-state index contributed by atoms with van der Waals surface area (Å²) in [6.45, 7) is 8.44. The highest BCUT2D eigenvalue weighted by Gasteiger charge is 2.47. The van der Waals surface area contributed by atoms with Crippen LogP contribution in [0.5, 0.6) is 0 Å². The Morgan fingerprint density at radius 2 is 0.769 bits per heavy atom. The van der Waals surface area contributed by atoms with Gasteiger partial charge in [-0.2, -0.15) is 0 Å². The maximum Gasteiger partial charge on any atom is 0.413 e. The molecule has 4 saturated carbocycles. The van der Waals surface area contributed by atoms with Gasteiger partial charge in [0.25, 0.3) is 10.3 Å². The van der Waals surface area contributed by atoms with Crippen LogP contribution in [0.3, 0.4) is 0 Å². The van der Waals surface area contributed by atoms with Crippen molar-refractivity contribution < 1.29 is 28.5 Å². The molecule has 4 fully saturated rings. The molecule has 4 aliphatic heterocycles. The Morgan fingerprint density at radius 1 is 0.431 bits per heavy atom. The summed E-state index contributed by atoms with van der Waals surface area (Å²) in [5.74, 6) is 0. The number of ether oxygens (including phenoxy) is 4. The fourth-order valence-corrected chi connectivity index (χ4v) is 16.0. The summed E-state index contributed by atoms with van der Waals surface area (Å²) in [6.07, 6.45) is 22.6. The van der Waals surface area contributed by atoms with Crippen molar-refractivity contribution in [2.24, 2.45) is 0 Å². The van der Waals surface area contributed by atoms with Gasteiger partial charge in [0, 0.05) is 30.6 Å². The monoisotopic (exact) mass is 996 g/mol. The number of amides is 2. The van der Waals surface area contributed by atoms with E-state index in [4.69, 9.17) is 43.4 Å². The fraction of sp³-hybridized carbons (Fsp3) is 0.592. The van der Waals surface area contributed by atoms with Crippen LogP contribution in [-0.4, -0.2) is 22.5 Å². The van der Waals surface area contributed by atoms with Crippen LogP contribution in [0.1, 0.15) is 176 Å². The predicted molar refractivity (Wildman–Crippen MR) is 277 cm³/mol. The van der Waals surface area contributed by atoms with Gasteiger partial charge < -0.3 is 29.6 Å². The lowest BCUT2D eigenvalue weighted by Crippen LogP contribution is -2.40. The lowest BCUT2D eigenvalue weighted by molar-refractivity contribution is -0.0175. The zero-order valence-electron chi connectivity index (χ0n) is 37.4. The van der Waals surface area contributed by atoms with Crippen molar-refractivity contribution >= 4 is 114 Å². The molecule has 8 aliphatic rings. The smallest absolute Gasteiger partial charge is 0.413 e. The second-order valence-corrected chi connectivity index (χ2v) is 24.4. The average molecular weight is 997 g/mol. The Hall–Kier alpha value is -3.28. The largest absolute Gasteiger partial charge is 0.459 e. The third-order valence-electron chi connectivity index (χ3n) is 13.9. The maximum atomic E-state index is 11.6. The Kier molecular flexibility index (Phi) is 14.6. The summed E-state index contributed by atoms with van der Waals surface area (Å²) in [5.41, 5.74) is 3.85. The van der Waals surface area contributed by atoms with Crippen molar-refractivity contribution in [1.82, 2.24) is 0 Å². The van der Waals surface area contributed by atoms with E-state index >= 15 is 0 Å². The van der Waals surface area contributed by atoms with Crippen LogP contribution in [0.25, 0.3) is 0 Å². The molecule has 16 heteroatoms. The van der Waals surface area contributed by atoms with Gasteiger partial charge in [-0.15, -0.1) is 45.3 Å². The maximum absolute atomic E-state index is 11.6. The van der Waals surface area contributed by atoms with Crippen LogP contribution >= 0.6 is 69.8 Å². The Balaban J connectivity index is 0.000000118.